The zero-order valence-corrected chi connectivity index (χ0v) is 14.4. The monoisotopic (exact) mass is 388 g/mol. The predicted octanol–water partition coefficient (Wildman–Crippen LogP) is 4.75. The van der Waals surface area contributed by atoms with Crippen LogP contribution in [0.5, 0.6) is 5.75 Å². The molecule has 2 aromatic rings. The van der Waals surface area contributed by atoms with Gasteiger partial charge in [-0.3, -0.25) is 0 Å². The molecule has 3 rings (SSSR count). The van der Waals surface area contributed by atoms with Crippen molar-refractivity contribution in [2.24, 2.45) is 0 Å². The molecule has 2 aromatic carbocycles. The van der Waals surface area contributed by atoms with E-state index in [4.69, 9.17) is 16.3 Å². The molecule has 0 aliphatic carbocycles. The van der Waals surface area contributed by atoms with Crippen molar-refractivity contribution in [2.45, 2.75) is 17.2 Å². The lowest BCUT2D eigenvalue weighted by Gasteiger charge is -2.25. The molecule has 0 aromatic heterocycles. The zero-order valence-electron chi connectivity index (χ0n) is 12.8. The first-order valence-electron chi connectivity index (χ1n) is 7.11. The van der Waals surface area contributed by atoms with E-state index in [0.29, 0.717) is 21.7 Å². The molecular formula is C17H12ClF3O3S. The van der Waals surface area contributed by atoms with Crippen molar-refractivity contribution in [3.63, 3.8) is 0 Å². The highest BCUT2D eigenvalue weighted by molar-refractivity contribution is 7.90. The largest absolute Gasteiger partial charge is 0.476 e. The first-order valence-corrected chi connectivity index (χ1v) is 9.38. The van der Waals surface area contributed by atoms with Crippen LogP contribution in [0, 0.1) is 0 Å². The number of ether oxygens (including phenoxy) is 1. The van der Waals surface area contributed by atoms with Gasteiger partial charge in [-0.15, -0.1) is 0 Å². The van der Waals surface area contributed by atoms with Gasteiger partial charge in [-0.25, -0.2) is 8.42 Å². The zero-order chi connectivity index (χ0) is 18.4. The standard InChI is InChI=1S/C17H12ClF3O3S/c1-25(22,23)13-5-2-10(3-6-13)14-9-12(18)8-11-4-7-15(17(19,20)21)24-16(11)14/h2-9,15H,1H3. The van der Waals surface area contributed by atoms with E-state index in [1.807, 2.05) is 0 Å². The summed E-state index contributed by atoms with van der Waals surface area (Å²) >= 11 is 6.05. The third-order valence-corrected chi connectivity index (χ3v) is 5.04. The minimum atomic E-state index is -4.54. The molecule has 0 saturated carbocycles. The minimum Gasteiger partial charge on any atom is -0.476 e. The first-order chi connectivity index (χ1) is 11.6. The second-order valence-electron chi connectivity index (χ2n) is 5.61. The van der Waals surface area contributed by atoms with Crippen molar-refractivity contribution in [2.75, 3.05) is 6.26 Å². The van der Waals surface area contributed by atoms with Crippen molar-refractivity contribution >= 4 is 27.5 Å². The Hall–Kier alpha value is -1.99. The van der Waals surface area contributed by atoms with Crippen LogP contribution in [-0.4, -0.2) is 27.0 Å². The molecule has 0 radical (unpaired) electrons. The first kappa shape index (κ1) is 17.8. The Morgan fingerprint density at radius 1 is 1.12 bits per heavy atom. The van der Waals surface area contributed by atoms with Gasteiger partial charge in [0.25, 0.3) is 0 Å². The molecule has 8 heteroatoms. The van der Waals surface area contributed by atoms with Crippen LogP contribution in [0.2, 0.25) is 5.02 Å². The lowest BCUT2D eigenvalue weighted by atomic mass is 9.99. The number of rotatable bonds is 2. The van der Waals surface area contributed by atoms with Gasteiger partial charge in [0, 0.05) is 22.4 Å². The molecule has 1 atom stereocenters. The van der Waals surface area contributed by atoms with Crippen molar-refractivity contribution in [1.82, 2.24) is 0 Å². The maximum absolute atomic E-state index is 13.0. The van der Waals surface area contributed by atoms with Crippen LogP contribution in [0.25, 0.3) is 17.2 Å². The Morgan fingerprint density at radius 3 is 2.32 bits per heavy atom. The van der Waals surface area contributed by atoms with Gasteiger partial charge in [-0.2, -0.15) is 13.2 Å². The number of hydrogen-bond donors (Lipinski definition) is 0. The van der Waals surface area contributed by atoms with Crippen molar-refractivity contribution in [1.29, 1.82) is 0 Å². The fourth-order valence-corrected chi connectivity index (χ4v) is 3.36. The van der Waals surface area contributed by atoms with Crippen LogP contribution in [0.4, 0.5) is 13.2 Å². The molecule has 0 bridgehead atoms. The maximum Gasteiger partial charge on any atom is 0.429 e. The molecule has 1 aliphatic rings. The lowest BCUT2D eigenvalue weighted by molar-refractivity contribution is -0.180. The molecule has 0 fully saturated rings. The number of hydrogen-bond acceptors (Lipinski definition) is 3. The quantitative estimate of drug-likeness (QED) is 0.745. The Labute approximate surface area is 147 Å². The normalized spacial score (nSPS) is 17.1. The molecule has 0 spiro atoms. The highest BCUT2D eigenvalue weighted by Gasteiger charge is 2.42. The van der Waals surface area contributed by atoms with Crippen molar-refractivity contribution in [3.8, 4) is 16.9 Å². The van der Waals surface area contributed by atoms with E-state index < -0.39 is 22.1 Å². The van der Waals surface area contributed by atoms with Crippen molar-refractivity contribution in [3.05, 3.63) is 53.1 Å². The van der Waals surface area contributed by atoms with Crippen LogP contribution in [0.15, 0.2) is 47.4 Å². The molecule has 1 aliphatic heterocycles. The summed E-state index contributed by atoms with van der Waals surface area (Å²) in [5.74, 6) is 0.0568. The maximum atomic E-state index is 13.0. The number of sulfone groups is 1. The molecular weight excluding hydrogens is 377 g/mol. The summed E-state index contributed by atoms with van der Waals surface area (Å²) in [4.78, 5) is 0.112. The summed E-state index contributed by atoms with van der Waals surface area (Å²) in [6.45, 7) is 0. The van der Waals surface area contributed by atoms with Gasteiger partial charge in [0.1, 0.15) is 5.75 Å². The van der Waals surface area contributed by atoms with Gasteiger partial charge in [0.05, 0.1) is 4.90 Å². The fraction of sp³-hybridized carbons (Fsp3) is 0.176. The summed E-state index contributed by atoms with van der Waals surface area (Å²) in [7, 11) is -3.37. The average molecular weight is 389 g/mol. The molecule has 25 heavy (non-hydrogen) atoms. The Morgan fingerprint density at radius 2 is 1.76 bits per heavy atom. The third-order valence-electron chi connectivity index (χ3n) is 3.69. The van der Waals surface area contributed by atoms with Crippen molar-refractivity contribution < 1.29 is 26.3 Å². The third kappa shape index (κ3) is 3.67. The molecule has 1 heterocycles. The Bertz CT molecular complexity index is 948. The van der Waals surface area contributed by atoms with Crippen LogP contribution in [0.1, 0.15) is 5.56 Å². The van der Waals surface area contributed by atoms with Gasteiger partial charge in [0.2, 0.25) is 6.10 Å². The van der Waals surface area contributed by atoms with Gasteiger partial charge in [-0.1, -0.05) is 29.8 Å². The molecule has 0 saturated heterocycles. The summed E-state index contributed by atoms with van der Waals surface area (Å²) in [5.41, 5.74) is 1.29. The number of fused-ring (bicyclic) bond motifs is 1. The van der Waals surface area contributed by atoms with E-state index in [2.05, 4.69) is 0 Å². The average Bonchev–Trinajstić information content (AvgIpc) is 2.52. The lowest BCUT2D eigenvalue weighted by Crippen LogP contribution is -2.34. The Balaban J connectivity index is 2.10. The second-order valence-corrected chi connectivity index (χ2v) is 8.06. The summed E-state index contributed by atoms with van der Waals surface area (Å²) < 4.78 is 67.1. The summed E-state index contributed by atoms with van der Waals surface area (Å²) in [6, 6.07) is 8.78. The second kappa shape index (κ2) is 6.07. The van der Waals surface area contributed by atoms with E-state index >= 15 is 0 Å². The number of benzene rings is 2. The van der Waals surface area contributed by atoms with E-state index in [1.54, 1.807) is 0 Å². The van der Waals surface area contributed by atoms with Crippen LogP contribution < -0.4 is 4.74 Å². The van der Waals surface area contributed by atoms with Crippen LogP contribution >= 0.6 is 11.6 Å². The highest BCUT2D eigenvalue weighted by Crippen LogP contribution is 2.42. The number of alkyl halides is 3. The molecule has 0 amide bonds. The SMILES string of the molecule is CS(=O)(=O)c1ccc(-c2cc(Cl)cc3c2OC(C(F)(F)F)C=C3)cc1. The fourth-order valence-electron chi connectivity index (χ4n) is 2.50. The minimum absolute atomic E-state index is 0.0568. The van der Waals surface area contributed by atoms with Gasteiger partial charge >= 0.3 is 6.18 Å². The highest BCUT2D eigenvalue weighted by atomic mass is 35.5. The number of halogens is 4. The van der Waals surface area contributed by atoms with E-state index in [1.165, 1.54) is 42.5 Å². The molecule has 0 N–H and O–H groups in total. The molecule has 3 nitrogen and oxygen atoms in total. The molecule has 132 valence electrons. The van der Waals surface area contributed by atoms with Crippen LogP contribution in [0.3, 0.4) is 0 Å². The van der Waals surface area contributed by atoms with E-state index in [9.17, 15) is 21.6 Å². The Kier molecular flexibility index (Phi) is 4.33. The van der Waals surface area contributed by atoms with Gasteiger partial charge in [-0.05, 0) is 35.9 Å². The summed E-state index contributed by atoms with van der Waals surface area (Å²) in [6.07, 6.45) is -3.27. The van der Waals surface area contributed by atoms with E-state index in [-0.39, 0.29) is 10.6 Å². The smallest absolute Gasteiger partial charge is 0.429 e. The molecule has 1 unspecified atom stereocenters. The van der Waals surface area contributed by atoms with E-state index in [0.717, 1.165) is 12.3 Å². The summed E-state index contributed by atoms with van der Waals surface area (Å²) in [5, 5.41) is 0.333. The topological polar surface area (TPSA) is 43.4 Å². The van der Waals surface area contributed by atoms with Gasteiger partial charge in [0.15, 0.2) is 9.84 Å². The van der Waals surface area contributed by atoms with Crippen LogP contribution in [-0.2, 0) is 9.84 Å². The predicted molar refractivity (Wildman–Crippen MR) is 89.5 cm³/mol. The van der Waals surface area contributed by atoms with Gasteiger partial charge < -0.3 is 4.74 Å².